The predicted octanol–water partition coefficient (Wildman–Crippen LogP) is 2.13. The molecule has 13 heavy (non-hydrogen) atoms. The van der Waals surface area contributed by atoms with E-state index < -0.39 is 0 Å². The molecule has 0 radical (unpaired) electrons. The second-order valence-electron chi connectivity index (χ2n) is 3.24. The Morgan fingerprint density at radius 3 is 2.85 bits per heavy atom. The Bertz CT molecular complexity index is 268. The van der Waals surface area contributed by atoms with Crippen molar-refractivity contribution in [2.75, 3.05) is 5.73 Å². The van der Waals surface area contributed by atoms with Gasteiger partial charge in [0.15, 0.2) is 0 Å². The third-order valence-corrected chi connectivity index (χ3v) is 2.88. The smallest absolute Gasteiger partial charge is 0.145 e. The SMILES string of the molecule is CCn1nc(N)cc1CSC(C)C. The maximum absolute atomic E-state index is 5.62. The first-order chi connectivity index (χ1) is 6.13. The van der Waals surface area contributed by atoms with Gasteiger partial charge in [0, 0.05) is 18.4 Å². The molecule has 1 heterocycles. The largest absolute Gasteiger partial charge is 0.382 e. The molecule has 0 fully saturated rings. The molecule has 0 aromatic carbocycles. The predicted molar refractivity (Wildman–Crippen MR) is 58.7 cm³/mol. The summed E-state index contributed by atoms with van der Waals surface area (Å²) in [6.07, 6.45) is 0. The molecule has 4 heteroatoms. The molecule has 0 bridgehead atoms. The molecule has 2 N–H and O–H groups in total. The van der Waals surface area contributed by atoms with Crippen molar-refractivity contribution in [1.29, 1.82) is 0 Å². The lowest BCUT2D eigenvalue weighted by Gasteiger charge is -2.05. The maximum atomic E-state index is 5.62. The molecule has 0 unspecified atom stereocenters. The summed E-state index contributed by atoms with van der Waals surface area (Å²) in [7, 11) is 0. The Morgan fingerprint density at radius 2 is 2.31 bits per heavy atom. The maximum Gasteiger partial charge on any atom is 0.145 e. The summed E-state index contributed by atoms with van der Waals surface area (Å²) >= 11 is 1.91. The van der Waals surface area contributed by atoms with E-state index in [1.807, 2.05) is 22.5 Å². The Labute approximate surface area is 83.7 Å². The van der Waals surface area contributed by atoms with Crippen molar-refractivity contribution in [3.63, 3.8) is 0 Å². The summed E-state index contributed by atoms with van der Waals surface area (Å²) in [5.41, 5.74) is 6.84. The average molecular weight is 199 g/mol. The van der Waals surface area contributed by atoms with Crippen LogP contribution < -0.4 is 5.73 Å². The van der Waals surface area contributed by atoms with Crippen molar-refractivity contribution in [1.82, 2.24) is 9.78 Å². The number of hydrogen-bond acceptors (Lipinski definition) is 3. The van der Waals surface area contributed by atoms with Crippen LogP contribution in [-0.2, 0) is 12.3 Å². The molecule has 0 aliphatic heterocycles. The number of aryl methyl sites for hydroxylation is 1. The second-order valence-corrected chi connectivity index (χ2v) is 4.80. The number of hydrogen-bond donors (Lipinski definition) is 1. The molecule has 1 aromatic heterocycles. The monoisotopic (exact) mass is 199 g/mol. The summed E-state index contributed by atoms with van der Waals surface area (Å²) in [5.74, 6) is 1.62. The van der Waals surface area contributed by atoms with Crippen LogP contribution in [-0.4, -0.2) is 15.0 Å². The van der Waals surface area contributed by atoms with E-state index in [4.69, 9.17) is 5.73 Å². The van der Waals surface area contributed by atoms with E-state index in [1.54, 1.807) is 0 Å². The highest BCUT2D eigenvalue weighted by Crippen LogP contribution is 2.18. The zero-order valence-corrected chi connectivity index (χ0v) is 9.27. The molecule has 0 amide bonds. The lowest BCUT2D eigenvalue weighted by Crippen LogP contribution is -2.02. The van der Waals surface area contributed by atoms with Crippen LogP contribution in [0, 0.1) is 0 Å². The minimum atomic E-state index is 0.626. The van der Waals surface area contributed by atoms with Gasteiger partial charge in [0.05, 0.1) is 5.69 Å². The van der Waals surface area contributed by atoms with E-state index in [-0.39, 0.29) is 0 Å². The topological polar surface area (TPSA) is 43.8 Å². The average Bonchev–Trinajstić information content (AvgIpc) is 2.42. The van der Waals surface area contributed by atoms with Gasteiger partial charge in [0.25, 0.3) is 0 Å². The first-order valence-electron chi connectivity index (χ1n) is 4.57. The van der Waals surface area contributed by atoms with Gasteiger partial charge in [-0.25, -0.2) is 0 Å². The number of nitrogens with two attached hydrogens (primary N) is 1. The lowest BCUT2D eigenvalue weighted by atomic mass is 10.4. The third kappa shape index (κ3) is 2.95. The minimum Gasteiger partial charge on any atom is -0.382 e. The van der Waals surface area contributed by atoms with Gasteiger partial charge in [-0.15, -0.1) is 0 Å². The van der Waals surface area contributed by atoms with Crippen LogP contribution in [0.4, 0.5) is 5.82 Å². The van der Waals surface area contributed by atoms with Crippen molar-refractivity contribution < 1.29 is 0 Å². The van der Waals surface area contributed by atoms with Crippen molar-refractivity contribution in [3.05, 3.63) is 11.8 Å². The quantitative estimate of drug-likeness (QED) is 0.808. The lowest BCUT2D eigenvalue weighted by molar-refractivity contribution is 0.639. The van der Waals surface area contributed by atoms with Crippen LogP contribution in [0.15, 0.2) is 6.07 Å². The Morgan fingerprint density at radius 1 is 1.62 bits per heavy atom. The van der Waals surface area contributed by atoms with Gasteiger partial charge >= 0.3 is 0 Å². The second kappa shape index (κ2) is 4.56. The number of aromatic nitrogens is 2. The molecule has 0 aliphatic rings. The molecule has 0 aliphatic carbocycles. The minimum absolute atomic E-state index is 0.626. The molecule has 0 atom stereocenters. The van der Waals surface area contributed by atoms with Crippen LogP contribution in [0.2, 0.25) is 0 Å². The van der Waals surface area contributed by atoms with E-state index in [0.717, 1.165) is 12.3 Å². The van der Waals surface area contributed by atoms with Gasteiger partial charge in [-0.1, -0.05) is 13.8 Å². The molecule has 1 aromatic rings. The molecule has 0 saturated heterocycles. The van der Waals surface area contributed by atoms with Gasteiger partial charge in [-0.2, -0.15) is 16.9 Å². The third-order valence-electron chi connectivity index (χ3n) is 1.75. The van der Waals surface area contributed by atoms with Gasteiger partial charge < -0.3 is 5.73 Å². The molecule has 0 saturated carbocycles. The summed E-state index contributed by atoms with van der Waals surface area (Å²) in [6.45, 7) is 7.36. The summed E-state index contributed by atoms with van der Waals surface area (Å²) in [5, 5.41) is 4.84. The summed E-state index contributed by atoms with van der Waals surface area (Å²) < 4.78 is 1.96. The Kier molecular flexibility index (Phi) is 3.66. The van der Waals surface area contributed by atoms with Crippen LogP contribution in [0.1, 0.15) is 26.5 Å². The van der Waals surface area contributed by atoms with Crippen LogP contribution in [0.25, 0.3) is 0 Å². The molecule has 3 nitrogen and oxygen atoms in total. The highest BCUT2D eigenvalue weighted by Gasteiger charge is 2.05. The number of nitrogens with zero attached hydrogens (tertiary/aromatic N) is 2. The van der Waals surface area contributed by atoms with Crippen molar-refractivity contribution >= 4 is 17.6 Å². The Hall–Kier alpha value is -0.640. The number of thioether (sulfide) groups is 1. The fourth-order valence-electron chi connectivity index (χ4n) is 1.12. The van der Waals surface area contributed by atoms with Crippen molar-refractivity contribution in [2.24, 2.45) is 0 Å². The number of nitrogen functional groups attached to an aromatic ring is 1. The fraction of sp³-hybridized carbons (Fsp3) is 0.667. The van der Waals surface area contributed by atoms with E-state index in [2.05, 4.69) is 25.9 Å². The zero-order valence-electron chi connectivity index (χ0n) is 8.45. The number of anilines is 1. The Balaban J connectivity index is 2.64. The zero-order chi connectivity index (χ0) is 9.84. The van der Waals surface area contributed by atoms with E-state index >= 15 is 0 Å². The normalized spacial score (nSPS) is 11.1. The highest BCUT2D eigenvalue weighted by atomic mass is 32.2. The van der Waals surface area contributed by atoms with Gasteiger partial charge in [-0.3, -0.25) is 4.68 Å². The van der Waals surface area contributed by atoms with Crippen molar-refractivity contribution in [3.8, 4) is 0 Å². The summed E-state index contributed by atoms with van der Waals surface area (Å²) in [4.78, 5) is 0. The molecule has 1 rings (SSSR count). The van der Waals surface area contributed by atoms with Crippen LogP contribution in [0.3, 0.4) is 0 Å². The fourth-order valence-corrected chi connectivity index (χ4v) is 1.86. The number of rotatable bonds is 4. The van der Waals surface area contributed by atoms with Gasteiger partial charge in [0.2, 0.25) is 0 Å². The summed E-state index contributed by atoms with van der Waals surface area (Å²) in [6, 6.07) is 1.96. The molecule has 74 valence electrons. The van der Waals surface area contributed by atoms with Crippen LogP contribution in [0.5, 0.6) is 0 Å². The van der Waals surface area contributed by atoms with Gasteiger partial charge in [-0.05, 0) is 12.2 Å². The van der Waals surface area contributed by atoms with Crippen LogP contribution >= 0.6 is 11.8 Å². The first-order valence-corrected chi connectivity index (χ1v) is 5.62. The molecule has 0 spiro atoms. The molecular formula is C9H17N3S. The van der Waals surface area contributed by atoms with E-state index in [1.165, 1.54) is 5.69 Å². The molecular weight excluding hydrogens is 182 g/mol. The van der Waals surface area contributed by atoms with E-state index in [0.29, 0.717) is 11.1 Å². The van der Waals surface area contributed by atoms with Gasteiger partial charge in [0.1, 0.15) is 5.82 Å². The van der Waals surface area contributed by atoms with Crippen molar-refractivity contribution in [2.45, 2.75) is 38.3 Å². The highest BCUT2D eigenvalue weighted by molar-refractivity contribution is 7.99. The first kappa shape index (κ1) is 10.4. The van der Waals surface area contributed by atoms with E-state index in [9.17, 15) is 0 Å². The standard InChI is InChI=1S/C9H17N3S/c1-4-12-8(5-9(10)11-12)6-13-7(2)3/h5,7H,4,6H2,1-3H3,(H2,10,11).